The van der Waals surface area contributed by atoms with E-state index in [0.29, 0.717) is 22.3 Å². The van der Waals surface area contributed by atoms with Gasteiger partial charge in [-0.05, 0) is 43.0 Å². The Hall–Kier alpha value is -1.99. The molecule has 1 aromatic rings. The fourth-order valence-corrected chi connectivity index (χ4v) is 3.08. The molecule has 0 unspecified atom stereocenters. The first kappa shape index (κ1) is 17.4. The van der Waals surface area contributed by atoms with Crippen molar-refractivity contribution in [1.29, 1.82) is 5.26 Å². The normalized spacial score (nSPS) is 21.4. The van der Waals surface area contributed by atoms with E-state index in [-0.39, 0.29) is 17.5 Å². The first-order valence-electron chi connectivity index (χ1n) is 7.81. The summed E-state index contributed by atoms with van der Waals surface area (Å²) in [6.45, 7) is 2.14. The van der Waals surface area contributed by atoms with Crippen molar-refractivity contribution in [2.75, 3.05) is 7.11 Å². The topological polar surface area (TPSA) is 62.1 Å². The van der Waals surface area contributed by atoms with Crippen LogP contribution in [0.4, 0.5) is 0 Å². The summed E-state index contributed by atoms with van der Waals surface area (Å²) in [5.74, 6) is 0.669. The molecule has 2 atom stereocenters. The number of carbonyl (C=O) groups excluding carboxylic acids is 1. The van der Waals surface area contributed by atoms with Gasteiger partial charge in [-0.3, -0.25) is 4.79 Å². The number of hydrogen-bond acceptors (Lipinski definition) is 3. The molecule has 0 bridgehead atoms. The van der Waals surface area contributed by atoms with Gasteiger partial charge in [-0.2, -0.15) is 5.26 Å². The number of amides is 1. The van der Waals surface area contributed by atoms with E-state index in [1.165, 1.54) is 19.6 Å². The Balaban J connectivity index is 2.20. The Kier molecular flexibility index (Phi) is 6.06. The SMILES string of the molecule is COc1ccc(Cl)cc1/C=C(\C#N)C(=O)N[C@@H]1CCCC[C@@H]1C. The molecule has 122 valence electrons. The third-order valence-corrected chi connectivity index (χ3v) is 4.52. The number of ether oxygens (including phenoxy) is 1. The van der Waals surface area contributed by atoms with Crippen LogP contribution in [0, 0.1) is 17.2 Å². The number of nitriles is 1. The van der Waals surface area contributed by atoms with E-state index in [1.54, 1.807) is 18.2 Å². The molecular weight excluding hydrogens is 312 g/mol. The summed E-state index contributed by atoms with van der Waals surface area (Å²) in [5.41, 5.74) is 0.673. The molecule has 1 saturated carbocycles. The Morgan fingerprint density at radius 2 is 2.17 bits per heavy atom. The van der Waals surface area contributed by atoms with Crippen LogP contribution in [0.15, 0.2) is 23.8 Å². The smallest absolute Gasteiger partial charge is 0.262 e. The van der Waals surface area contributed by atoms with E-state index < -0.39 is 0 Å². The number of hydrogen-bond donors (Lipinski definition) is 1. The van der Waals surface area contributed by atoms with Gasteiger partial charge in [0.1, 0.15) is 17.4 Å². The number of nitrogens with one attached hydrogen (secondary N) is 1. The number of benzene rings is 1. The van der Waals surface area contributed by atoms with Gasteiger partial charge in [-0.1, -0.05) is 31.4 Å². The van der Waals surface area contributed by atoms with Crippen molar-refractivity contribution in [3.05, 3.63) is 34.4 Å². The summed E-state index contributed by atoms with van der Waals surface area (Å²) < 4.78 is 5.25. The molecule has 0 aromatic heterocycles. The second-order valence-corrected chi connectivity index (χ2v) is 6.33. The zero-order chi connectivity index (χ0) is 16.8. The molecule has 2 rings (SSSR count). The van der Waals surface area contributed by atoms with Gasteiger partial charge in [0, 0.05) is 16.6 Å². The van der Waals surface area contributed by atoms with Gasteiger partial charge < -0.3 is 10.1 Å². The van der Waals surface area contributed by atoms with Gasteiger partial charge in [0.15, 0.2) is 0 Å². The van der Waals surface area contributed by atoms with Gasteiger partial charge in [0.2, 0.25) is 0 Å². The summed E-state index contributed by atoms with van der Waals surface area (Å²) in [6.07, 6.45) is 5.91. The Morgan fingerprint density at radius 3 is 2.83 bits per heavy atom. The highest BCUT2D eigenvalue weighted by Gasteiger charge is 2.24. The van der Waals surface area contributed by atoms with Crippen molar-refractivity contribution >= 4 is 23.6 Å². The zero-order valence-corrected chi connectivity index (χ0v) is 14.2. The number of methoxy groups -OCH3 is 1. The molecule has 1 fully saturated rings. The molecule has 0 spiro atoms. The van der Waals surface area contributed by atoms with Crippen molar-refractivity contribution in [2.45, 2.75) is 38.6 Å². The van der Waals surface area contributed by atoms with E-state index >= 15 is 0 Å². The van der Waals surface area contributed by atoms with Crippen molar-refractivity contribution in [3.63, 3.8) is 0 Å². The maximum Gasteiger partial charge on any atom is 0.262 e. The third-order valence-electron chi connectivity index (χ3n) is 4.28. The molecule has 0 radical (unpaired) electrons. The van der Waals surface area contributed by atoms with Crippen molar-refractivity contribution in [2.24, 2.45) is 5.92 Å². The lowest BCUT2D eigenvalue weighted by Gasteiger charge is -2.29. The van der Waals surface area contributed by atoms with Crippen LogP contribution in [-0.4, -0.2) is 19.1 Å². The van der Waals surface area contributed by atoms with Crippen LogP contribution < -0.4 is 10.1 Å². The van der Waals surface area contributed by atoms with Crippen LogP contribution in [0.1, 0.15) is 38.2 Å². The fourth-order valence-electron chi connectivity index (χ4n) is 2.90. The summed E-state index contributed by atoms with van der Waals surface area (Å²) in [4.78, 5) is 12.4. The van der Waals surface area contributed by atoms with Crippen LogP contribution in [0.2, 0.25) is 5.02 Å². The zero-order valence-electron chi connectivity index (χ0n) is 13.4. The van der Waals surface area contributed by atoms with Gasteiger partial charge in [-0.15, -0.1) is 0 Å². The number of rotatable bonds is 4. The lowest BCUT2D eigenvalue weighted by Crippen LogP contribution is -2.41. The van der Waals surface area contributed by atoms with Crippen molar-refractivity contribution in [1.82, 2.24) is 5.32 Å². The first-order valence-corrected chi connectivity index (χ1v) is 8.19. The average Bonchev–Trinajstić information content (AvgIpc) is 2.54. The summed E-state index contributed by atoms with van der Waals surface area (Å²) in [7, 11) is 1.54. The highest BCUT2D eigenvalue weighted by molar-refractivity contribution is 6.30. The summed E-state index contributed by atoms with van der Waals surface area (Å²) >= 11 is 5.99. The van der Waals surface area contributed by atoms with Crippen LogP contribution in [0.5, 0.6) is 5.75 Å². The first-order chi connectivity index (χ1) is 11.0. The lowest BCUT2D eigenvalue weighted by atomic mass is 9.86. The second kappa shape index (κ2) is 8.03. The number of carbonyl (C=O) groups is 1. The number of nitrogens with zero attached hydrogens (tertiary/aromatic N) is 1. The second-order valence-electron chi connectivity index (χ2n) is 5.90. The summed E-state index contributed by atoms with van der Waals surface area (Å²) in [5, 5.41) is 12.8. The van der Waals surface area contributed by atoms with Crippen molar-refractivity contribution in [3.8, 4) is 11.8 Å². The van der Waals surface area contributed by atoms with Gasteiger partial charge in [0.05, 0.1) is 7.11 Å². The highest BCUT2D eigenvalue weighted by Crippen LogP contribution is 2.26. The van der Waals surface area contributed by atoms with Crippen molar-refractivity contribution < 1.29 is 9.53 Å². The summed E-state index contributed by atoms with van der Waals surface area (Å²) in [6, 6.07) is 7.20. The molecule has 1 amide bonds. The Labute approximate surface area is 142 Å². The quantitative estimate of drug-likeness (QED) is 0.670. The van der Waals surface area contributed by atoms with Gasteiger partial charge in [0.25, 0.3) is 5.91 Å². The largest absolute Gasteiger partial charge is 0.496 e. The molecule has 23 heavy (non-hydrogen) atoms. The van der Waals surface area contributed by atoms with E-state index in [2.05, 4.69) is 12.2 Å². The van der Waals surface area contributed by atoms with E-state index in [9.17, 15) is 10.1 Å². The molecule has 1 N–H and O–H groups in total. The van der Waals surface area contributed by atoms with E-state index in [4.69, 9.17) is 16.3 Å². The maximum absolute atomic E-state index is 12.4. The molecule has 4 nitrogen and oxygen atoms in total. The molecule has 1 aromatic carbocycles. The van der Waals surface area contributed by atoms with Gasteiger partial charge in [-0.25, -0.2) is 0 Å². The predicted octanol–water partition coefficient (Wildman–Crippen LogP) is 3.95. The average molecular weight is 333 g/mol. The predicted molar refractivity (Wildman–Crippen MR) is 91.2 cm³/mol. The highest BCUT2D eigenvalue weighted by atomic mass is 35.5. The molecule has 0 aliphatic heterocycles. The monoisotopic (exact) mass is 332 g/mol. The van der Waals surface area contributed by atoms with E-state index in [0.717, 1.165) is 19.3 Å². The van der Waals surface area contributed by atoms with Crippen LogP contribution in [0.3, 0.4) is 0 Å². The lowest BCUT2D eigenvalue weighted by molar-refractivity contribution is -0.118. The standard InChI is InChI=1S/C18H21ClN2O2/c1-12-5-3-4-6-16(12)21-18(22)14(11-20)9-13-10-15(19)7-8-17(13)23-2/h7-10,12,16H,3-6H2,1-2H3,(H,21,22)/b14-9+/t12-,16+/m0/s1. The third kappa shape index (κ3) is 4.49. The minimum Gasteiger partial charge on any atom is -0.496 e. The minimum atomic E-state index is -0.340. The van der Waals surface area contributed by atoms with Crippen LogP contribution in [0.25, 0.3) is 6.08 Å². The molecule has 1 aliphatic carbocycles. The van der Waals surface area contributed by atoms with Crippen LogP contribution >= 0.6 is 11.6 Å². The minimum absolute atomic E-state index is 0.0586. The molecule has 1 aliphatic rings. The van der Waals surface area contributed by atoms with E-state index in [1.807, 2.05) is 6.07 Å². The molecule has 0 heterocycles. The van der Waals surface area contributed by atoms with Gasteiger partial charge >= 0.3 is 0 Å². The maximum atomic E-state index is 12.4. The molecular formula is C18H21ClN2O2. The fraction of sp³-hybridized carbons (Fsp3) is 0.444. The molecule has 5 heteroatoms. The Bertz CT molecular complexity index is 649. The number of halogens is 1. The Morgan fingerprint density at radius 1 is 1.43 bits per heavy atom. The molecule has 0 saturated heterocycles. The van der Waals surface area contributed by atoms with Crippen LogP contribution in [-0.2, 0) is 4.79 Å².